The Hall–Kier alpha value is -2.14. The number of carboxylic acids is 1. The average molecular weight is 348 g/mol. The Labute approximate surface area is 131 Å². The first-order chi connectivity index (χ1) is 9.90. The van der Waals surface area contributed by atoms with Gasteiger partial charge in [-0.25, -0.2) is 4.79 Å². The van der Waals surface area contributed by atoms with Gasteiger partial charge in [0.15, 0.2) is 0 Å². The summed E-state index contributed by atoms with van der Waals surface area (Å²) in [6.45, 7) is 1.92. The van der Waals surface area contributed by atoms with Crippen molar-refractivity contribution in [1.82, 2.24) is 0 Å². The van der Waals surface area contributed by atoms with Crippen LogP contribution >= 0.6 is 15.9 Å². The van der Waals surface area contributed by atoms with Crippen LogP contribution in [-0.4, -0.2) is 24.0 Å². The minimum atomic E-state index is -0.989. The molecule has 21 heavy (non-hydrogen) atoms. The van der Waals surface area contributed by atoms with Gasteiger partial charge in [0.2, 0.25) is 0 Å². The molecule has 0 radical (unpaired) electrons. The van der Waals surface area contributed by atoms with Crippen LogP contribution in [0.3, 0.4) is 0 Å². The zero-order valence-electron chi connectivity index (χ0n) is 11.6. The van der Waals surface area contributed by atoms with Gasteiger partial charge < -0.3 is 10.0 Å². The summed E-state index contributed by atoms with van der Waals surface area (Å²) < 4.78 is 0.729. The second-order valence-corrected chi connectivity index (χ2v) is 5.55. The van der Waals surface area contributed by atoms with Crippen LogP contribution in [0.25, 0.3) is 0 Å². The van der Waals surface area contributed by atoms with E-state index in [-0.39, 0.29) is 11.5 Å². The molecule has 0 atom stereocenters. The van der Waals surface area contributed by atoms with Crippen LogP contribution in [0, 0.1) is 6.92 Å². The summed E-state index contributed by atoms with van der Waals surface area (Å²) in [4.78, 5) is 24.8. The average Bonchev–Trinajstić information content (AvgIpc) is 2.48. The molecule has 0 aliphatic carbocycles. The van der Waals surface area contributed by atoms with Gasteiger partial charge >= 0.3 is 5.97 Å². The van der Waals surface area contributed by atoms with Crippen LogP contribution in [0.2, 0.25) is 0 Å². The number of nitrogens with zero attached hydrogens (tertiary/aromatic N) is 1. The number of hydrogen-bond acceptors (Lipinski definition) is 2. The summed E-state index contributed by atoms with van der Waals surface area (Å²) in [7, 11) is 1.66. The van der Waals surface area contributed by atoms with Gasteiger partial charge in [0.25, 0.3) is 5.91 Å². The third-order valence-corrected chi connectivity index (χ3v) is 3.85. The predicted octanol–water partition coefficient (Wildman–Crippen LogP) is 3.73. The van der Waals surface area contributed by atoms with E-state index in [2.05, 4.69) is 15.9 Å². The zero-order valence-corrected chi connectivity index (χ0v) is 13.2. The molecule has 108 valence electrons. The summed E-state index contributed by atoms with van der Waals surface area (Å²) in [5, 5.41) is 8.88. The Bertz CT molecular complexity index is 695. The third kappa shape index (κ3) is 3.31. The highest BCUT2D eigenvalue weighted by atomic mass is 79.9. The standard InChI is InChI=1S/C16H14BrNO3/c1-10-3-8-14(17)13(9-10)15(19)18(2)12-6-4-11(5-7-12)16(20)21/h3-9H,1-2H3,(H,20,21). The summed E-state index contributed by atoms with van der Waals surface area (Å²) in [6, 6.07) is 11.8. The molecule has 5 heteroatoms. The van der Waals surface area contributed by atoms with Gasteiger partial charge in [-0.2, -0.15) is 0 Å². The molecule has 0 aromatic heterocycles. The monoisotopic (exact) mass is 347 g/mol. The fourth-order valence-electron chi connectivity index (χ4n) is 1.93. The summed E-state index contributed by atoms with van der Waals surface area (Å²) >= 11 is 3.38. The molecule has 0 aliphatic heterocycles. The molecule has 0 bridgehead atoms. The normalized spacial score (nSPS) is 10.2. The van der Waals surface area contributed by atoms with Crippen molar-refractivity contribution in [3.8, 4) is 0 Å². The van der Waals surface area contributed by atoms with Crippen molar-refractivity contribution in [2.75, 3.05) is 11.9 Å². The Balaban J connectivity index is 2.30. The number of carboxylic acid groups (broad SMARTS) is 1. The van der Waals surface area contributed by atoms with Crippen molar-refractivity contribution in [3.05, 3.63) is 63.6 Å². The number of carbonyl (C=O) groups excluding carboxylic acids is 1. The highest BCUT2D eigenvalue weighted by Gasteiger charge is 2.16. The largest absolute Gasteiger partial charge is 0.478 e. The van der Waals surface area contributed by atoms with Crippen LogP contribution in [0.5, 0.6) is 0 Å². The zero-order chi connectivity index (χ0) is 15.6. The number of aromatic carboxylic acids is 1. The van der Waals surface area contributed by atoms with E-state index in [1.807, 2.05) is 25.1 Å². The highest BCUT2D eigenvalue weighted by Crippen LogP contribution is 2.22. The molecule has 0 unspecified atom stereocenters. The van der Waals surface area contributed by atoms with Crippen molar-refractivity contribution in [1.29, 1.82) is 0 Å². The molecule has 0 saturated carbocycles. The van der Waals surface area contributed by atoms with Crippen LogP contribution in [-0.2, 0) is 0 Å². The number of amides is 1. The number of hydrogen-bond donors (Lipinski definition) is 1. The first-order valence-electron chi connectivity index (χ1n) is 6.27. The molecule has 0 aliphatic rings. The Morgan fingerprint density at radius 2 is 1.71 bits per heavy atom. The lowest BCUT2D eigenvalue weighted by molar-refractivity contribution is 0.0696. The lowest BCUT2D eigenvalue weighted by atomic mass is 10.1. The molecule has 0 saturated heterocycles. The second-order valence-electron chi connectivity index (χ2n) is 4.70. The maximum absolute atomic E-state index is 12.5. The summed E-state index contributed by atoms with van der Waals surface area (Å²) in [5.41, 5.74) is 2.39. The van der Waals surface area contributed by atoms with Gasteiger partial charge in [-0.3, -0.25) is 4.79 Å². The van der Waals surface area contributed by atoms with Crippen molar-refractivity contribution < 1.29 is 14.7 Å². The highest BCUT2D eigenvalue weighted by molar-refractivity contribution is 9.10. The quantitative estimate of drug-likeness (QED) is 0.920. The van der Waals surface area contributed by atoms with Gasteiger partial charge in [0.05, 0.1) is 11.1 Å². The molecule has 0 heterocycles. The predicted molar refractivity (Wildman–Crippen MR) is 85.0 cm³/mol. The molecule has 0 spiro atoms. The van der Waals surface area contributed by atoms with Gasteiger partial charge in [-0.15, -0.1) is 0 Å². The van der Waals surface area contributed by atoms with E-state index in [1.165, 1.54) is 17.0 Å². The first kappa shape index (κ1) is 15.3. The number of benzene rings is 2. The van der Waals surface area contributed by atoms with Crippen molar-refractivity contribution >= 4 is 33.5 Å². The topological polar surface area (TPSA) is 57.6 Å². The van der Waals surface area contributed by atoms with Gasteiger partial charge in [-0.05, 0) is 59.3 Å². The summed E-state index contributed by atoms with van der Waals surface area (Å²) in [5.74, 6) is -1.15. The minimum Gasteiger partial charge on any atom is -0.478 e. The maximum Gasteiger partial charge on any atom is 0.335 e. The Morgan fingerprint density at radius 1 is 1.10 bits per heavy atom. The van der Waals surface area contributed by atoms with E-state index >= 15 is 0 Å². The van der Waals surface area contributed by atoms with E-state index < -0.39 is 5.97 Å². The van der Waals surface area contributed by atoms with Crippen molar-refractivity contribution in [3.63, 3.8) is 0 Å². The summed E-state index contributed by atoms with van der Waals surface area (Å²) in [6.07, 6.45) is 0. The van der Waals surface area contributed by atoms with Crippen LogP contribution in [0.1, 0.15) is 26.3 Å². The lowest BCUT2D eigenvalue weighted by Crippen LogP contribution is -2.26. The van der Waals surface area contributed by atoms with Gasteiger partial charge in [0, 0.05) is 17.2 Å². The lowest BCUT2D eigenvalue weighted by Gasteiger charge is -2.18. The maximum atomic E-state index is 12.5. The number of rotatable bonds is 3. The molecule has 2 aromatic carbocycles. The molecule has 2 rings (SSSR count). The number of halogens is 1. The molecular formula is C16H14BrNO3. The van der Waals surface area contributed by atoms with E-state index in [0.717, 1.165) is 10.0 Å². The number of carbonyl (C=O) groups is 2. The Morgan fingerprint density at radius 3 is 2.29 bits per heavy atom. The number of aryl methyl sites for hydroxylation is 1. The van der Waals surface area contributed by atoms with E-state index in [4.69, 9.17) is 5.11 Å². The van der Waals surface area contributed by atoms with Gasteiger partial charge in [0.1, 0.15) is 0 Å². The van der Waals surface area contributed by atoms with Gasteiger partial charge in [-0.1, -0.05) is 11.6 Å². The Kier molecular flexibility index (Phi) is 4.43. The van der Waals surface area contributed by atoms with E-state index in [0.29, 0.717) is 11.3 Å². The molecule has 1 amide bonds. The van der Waals surface area contributed by atoms with Crippen molar-refractivity contribution in [2.24, 2.45) is 0 Å². The molecular weight excluding hydrogens is 334 g/mol. The van der Waals surface area contributed by atoms with Crippen LogP contribution in [0.15, 0.2) is 46.9 Å². The third-order valence-electron chi connectivity index (χ3n) is 3.16. The second kappa shape index (κ2) is 6.10. The van der Waals surface area contributed by atoms with E-state index in [9.17, 15) is 9.59 Å². The molecule has 1 N–H and O–H groups in total. The molecule has 4 nitrogen and oxygen atoms in total. The van der Waals surface area contributed by atoms with Crippen LogP contribution in [0.4, 0.5) is 5.69 Å². The SMILES string of the molecule is Cc1ccc(Br)c(C(=O)N(C)c2ccc(C(=O)O)cc2)c1. The minimum absolute atomic E-state index is 0.159. The fraction of sp³-hybridized carbons (Fsp3) is 0.125. The van der Waals surface area contributed by atoms with E-state index in [1.54, 1.807) is 19.2 Å². The van der Waals surface area contributed by atoms with Crippen molar-refractivity contribution in [2.45, 2.75) is 6.92 Å². The smallest absolute Gasteiger partial charge is 0.335 e. The molecule has 0 fully saturated rings. The number of anilines is 1. The molecule has 2 aromatic rings. The fourth-order valence-corrected chi connectivity index (χ4v) is 2.34. The first-order valence-corrected chi connectivity index (χ1v) is 7.07. The van der Waals surface area contributed by atoms with Crippen LogP contribution < -0.4 is 4.90 Å².